The standard InChI is InChI=1S/C27H23F3N4O3/c1-17-7-6-10-22(15-17)34-26(37)33(16-19-11-13-21(14-12-19)27(28,29)30)25(36)23(32-34)24(35)31-18(2)20-8-4-3-5-9-20/h3-15,18H,16H2,1-2H3,(H,31,35)/t18-/m0/s1. The number of aromatic nitrogens is 3. The Bertz CT molecular complexity index is 1540. The van der Waals surface area contributed by atoms with Crippen molar-refractivity contribution in [1.82, 2.24) is 19.7 Å². The SMILES string of the molecule is Cc1cccc(-n2nc(C(=O)N[C@@H](C)c3ccccc3)c(=O)n(Cc3ccc(C(F)(F)F)cc3)c2=O)c1. The molecule has 0 aliphatic carbocycles. The normalized spacial score (nSPS) is 12.2. The molecule has 3 aromatic carbocycles. The second kappa shape index (κ2) is 10.3. The van der Waals surface area contributed by atoms with Gasteiger partial charge in [0.2, 0.25) is 5.69 Å². The summed E-state index contributed by atoms with van der Waals surface area (Å²) in [5.41, 5.74) is -0.936. The third-order valence-electron chi connectivity index (χ3n) is 5.79. The summed E-state index contributed by atoms with van der Waals surface area (Å²) >= 11 is 0. The van der Waals surface area contributed by atoms with Crippen molar-refractivity contribution in [2.24, 2.45) is 0 Å². The van der Waals surface area contributed by atoms with Gasteiger partial charge < -0.3 is 5.32 Å². The van der Waals surface area contributed by atoms with Gasteiger partial charge >= 0.3 is 11.9 Å². The van der Waals surface area contributed by atoms with Crippen LogP contribution in [0, 0.1) is 6.92 Å². The summed E-state index contributed by atoms with van der Waals surface area (Å²) in [7, 11) is 0. The number of benzene rings is 3. The van der Waals surface area contributed by atoms with Gasteiger partial charge in [0.1, 0.15) is 0 Å². The topological polar surface area (TPSA) is 86.0 Å². The number of carbonyl (C=O) groups excluding carboxylic acids is 1. The summed E-state index contributed by atoms with van der Waals surface area (Å²) in [6.45, 7) is 3.20. The summed E-state index contributed by atoms with van der Waals surface area (Å²) in [5, 5.41) is 6.81. The minimum atomic E-state index is -4.52. The smallest absolute Gasteiger partial charge is 0.344 e. The van der Waals surface area contributed by atoms with E-state index in [2.05, 4.69) is 10.4 Å². The number of alkyl halides is 3. The van der Waals surface area contributed by atoms with Crippen LogP contribution < -0.4 is 16.6 Å². The molecule has 0 unspecified atom stereocenters. The zero-order chi connectivity index (χ0) is 26.7. The van der Waals surface area contributed by atoms with Crippen molar-refractivity contribution in [3.8, 4) is 5.69 Å². The van der Waals surface area contributed by atoms with E-state index in [-0.39, 0.29) is 12.1 Å². The molecule has 10 heteroatoms. The molecule has 0 aliphatic rings. The Kier molecular flexibility index (Phi) is 7.10. The Morgan fingerprint density at radius 2 is 1.65 bits per heavy atom. The number of rotatable bonds is 6. The number of halogens is 3. The summed E-state index contributed by atoms with van der Waals surface area (Å²) in [6.07, 6.45) is -4.52. The van der Waals surface area contributed by atoms with Crippen molar-refractivity contribution in [3.63, 3.8) is 0 Å². The lowest BCUT2D eigenvalue weighted by atomic mass is 10.1. The van der Waals surface area contributed by atoms with E-state index in [0.29, 0.717) is 5.69 Å². The molecule has 37 heavy (non-hydrogen) atoms. The van der Waals surface area contributed by atoms with Gasteiger partial charge in [0.05, 0.1) is 23.8 Å². The Morgan fingerprint density at radius 3 is 2.27 bits per heavy atom. The Balaban J connectivity index is 1.79. The number of carbonyl (C=O) groups is 1. The lowest BCUT2D eigenvalue weighted by Crippen LogP contribution is -2.46. The fraction of sp³-hybridized carbons (Fsp3) is 0.185. The molecule has 4 rings (SSSR count). The van der Waals surface area contributed by atoms with E-state index in [9.17, 15) is 27.6 Å². The number of aryl methyl sites for hydroxylation is 1. The Hall–Kier alpha value is -4.47. The highest BCUT2D eigenvalue weighted by Gasteiger charge is 2.30. The van der Waals surface area contributed by atoms with E-state index in [1.807, 2.05) is 43.3 Å². The van der Waals surface area contributed by atoms with Crippen LogP contribution in [0.1, 0.15) is 45.7 Å². The number of hydrogen-bond acceptors (Lipinski definition) is 4. The first-order valence-corrected chi connectivity index (χ1v) is 11.4. The van der Waals surface area contributed by atoms with Gasteiger partial charge in [0, 0.05) is 0 Å². The Morgan fingerprint density at radius 1 is 0.973 bits per heavy atom. The minimum Gasteiger partial charge on any atom is -0.344 e. The molecule has 0 aliphatic heterocycles. The predicted octanol–water partition coefficient (Wildman–Crippen LogP) is 4.26. The first-order valence-electron chi connectivity index (χ1n) is 11.4. The highest BCUT2D eigenvalue weighted by atomic mass is 19.4. The summed E-state index contributed by atoms with van der Waals surface area (Å²) < 4.78 is 40.6. The van der Waals surface area contributed by atoms with Gasteiger partial charge in [0.15, 0.2) is 0 Å². The number of hydrogen-bond donors (Lipinski definition) is 1. The van der Waals surface area contributed by atoms with E-state index in [1.54, 1.807) is 25.1 Å². The van der Waals surface area contributed by atoms with Gasteiger partial charge in [-0.05, 0) is 54.8 Å². The van der Waals surface area contributed by atoms with Crippen LogP contribution in [0.3, 0.4) is 0 Å². The molecule has 0 fully saturated rings. The molecule has 1 atom stereocenters. The van der Waals surface area contributed by atoms with E-state index in [4.69, 9.17) is 0 Å². The molecule has 4 aromatic rings. The average molecular weight is 509 g/mol. The number of amides is 1. The molecular formula is C27H23F3N4O3. The maximum Gasteiger partial charge on any atom is 0.416 e. The zero-order valence-corrected chi connectivity index (χ0v) is 20.0. The second-order valence-electron chi connectivity index (χ2n) is 8.57. The first-order chi connectivity index (χ1) is 17.5. The van der Waals surface area contributed by atoms with E-state index in [0.717, 1.165) is 32.5 Å². The van der Waals surface area contributed by atoms with E-state index in [1.165, 1.54) is 12.1 Å². The molecule has 0 saturated heterocycles. The van der Waals surface area contributed by atoms with Crippen LogP contribution in [0.15, 0.2) is 88.5 Å². The monoisotopic (exact) mass is 508 g/mol. The molecule has 0 radical (unpaired) electrons. The van der Waals surface area contributed by atoms with Crippen LogP contribution >= 0.6 is 0 Å². The average Bonchev–Trinajstić information content (AvgIpc) is 2.87. The molecule has 0 bridgehead atoms. The van der Waals surface area contributed by atoms with Crippen molar-refractivity contribution >= 4 is 5.91 Å². The third kappa shape index (κ3) is 5.69. The lowest BCUT2D eigenvalue weighted by molar-refractivity contribution is -0.137. The third-order valence-corrected chi connectivity index (χ3v) is 5.79. The molecule has 0 spiro atoms. The van der Waals surface area contributed by atoms with Crippen LogP contribution in [0.2, 0.25) is 0 Å². The van der Waals surface area contributed by atoms with Gasteiger partial charge in [-0.2, -0.15) is 23.0 Å². The first kappa shape index (κ1) is 25.6. The van der Waals surface area contributed by atoms with Gasteiger partial charge in [-0.15, -0.1) is 0 Å². The van der Waals surface area contributed by atoms with Crippen molar-refractivity contribution < 1.29 is 18.0 Å². The second-order valence-corrected chi connectivity index (χ2v) is 8.57. The molecule has 1 heterocycles. The van der Waals surface area contributed by atoms with Crippen molar-refractivity contribution in [2.75, 3.05) is 0 Å². The quantitative estimate of drug-likeness (QED) is 0.422. The Labute approximate surface area is 209 Å². The number of nitrogens with zero attached hydrogens (tertiary/aromatic N) is 3. The van der Waals surface area contributed by atoms with Crippen LogP contribution in [-0.4, -0.2) is 20.3 Å². The van der Waals surface area contributed by atoms with Crippen LogP contribution in [-0.2, 0) is 12.7 Å². The predicted molar refractivity (Wildman–Crippen MR) is 132 cm³/mol. The fourth-order valence-electron chi connectivity index (χ4n) is 3.80. The highest BCUT2D eigenvalue weighted by Crippen LogP contribution is 2.29. The molecular weight excluding hydrogens is 485 g/mol. The van der Waals surface area contributed by atoms with E-state index >= 15 is 0 Å². The molecule has 0 saturated carbocycles. The fourth-order valence-corrected chi connectivity index (χ4v) is 3.80. The molecule has 1 aromatic heterocycles. The summed E-state index contributed by atoms with van der Waals surface area (Å²) in [6, 6.07) is 19.5. The minimum absolute atomic E-state index is 0.276. The lowest BCUT2D eigenvalue weighted by Gasteiger charge is -2.16. The molecule has 7 nitrogen and oxygen atoms in total. The maximum absolute atomic E-state index is 13.3. The van der Waals surface area contributed by atoms with Crippen molar-refractivity contribution in [3.05, 3.63) is 128 Å². The van der Waals surface area contributed by atoms with Crippen LogP contribution in [0.5, 0.6) is 0 Å². The highest BCUT2D eigenvalue weighted by molar-refractivity contribution is 5.92. The summed E-state index contributed by atoms with van der Waals surface area (Å²) in [4.78, 5) is 39.7. The number of nitrogens with one attached hydrogen (secondary N) is 1. The molecule has 1 N–H and O–H groups in total. The van der Waals surface area contributed by atoms with Gasteiger partial charge in [-0.3, -0.25) is 14.2 Å². The van der Waals surface area contributed by atoms with Crippen molar-refractivity contribution in [1.29, 1.82) is 0 Å². The van der Waals surface area contributed by atoms with Crippen LogP contribution in [0.25, 0.3) is 5.69 Å². The molecule has 190 valence electrons. The van der Waals surface area contributed by atoms with Crippen LogP contribution in [0.4, 0.5) is 13.2 Å². The van der Waals surface area contributed by atoms with E-state index < -0.39 is 40.6 Å². The maximum atomic E-state index is 13.3. The summed E-state index contributed by atoms with van der Waals surface area (Å²) in [5.74, 6) is -0.788. The zero-order valence-electron chi connectivity index (χ0n) is 20.0. The largest absolute Gasteiger partial charge is 0.416 e. The van der Waals surface area contributed by atoms with Gasteiger partial charge in [0.25, 0.3) is 11.5 Å². The van der Waals surface area contributed by atoms with Crippen molar-refractivity contribution in [2.45, 2.75) is 32.6 Å². The van der Waals surface area contributed by atoms with Gasteiger partial charge in [-0.25, -0.2) is 4.79 Å². The molecule has 1 amide bonds. The van der Waals surface area contributed by atoms with Gasteiger partial charge in [-0.1, -0.05) is 54.6 Å².